The SMILES string of the molecule is COC[C@H](Cc1ccc(O)cc1)NC(=O)c1cc(C(=O)O)c2cc(CSc3ccccn3)ccc2n1. The van der Waals surface area contributed by atoms with Gasteiger partial charge in [-0.2, -0.15) is 0 Å². The first-order valence-corrected chi connectivity index (χ1v) is 12.2. The number of hydrogen-bond donors (Lipinski definition) is 3. The highest BCUT2D eigenvalue weighted by Gasteiger charge is 2.20. The lowest BCUT2D eigenvalue weighted by molar-refractivity contribution is 0.0699. The van der Waals surface area contributed by atoms with E-state index in [1.165, 1.54) is 13.2 Å². The van der Waals surface area contributed by atoms with Gasteiger partial charge in [-0.15, -0.1) is 11.8 Å². The van der Waals surface area contributed by atoms with E-state index in [0.29, 0.717) is 23.1 Å². The fourth-order valence-electron chi connectivity index (χ4n) is 3.77. The molecule has 4 aromatic rings. The zero-order valence-corrected chi connectivity index (χ0v) is 20.4. The van der Waals surface area contributed by atoms with Crippen molar-refractivity contribution in [3.05, 3.63) is 95.3 Å². The Morgan fingerprint density at radius 2 is 1.83 bits per heavy atom. The number of nitrogens with zero attached hydrogens (tertiary/aromatic N) is 2. The topological polar surface area (TPSA) is 122 Å². The number of aromatic carboxylic acids is 1. The average molecular weight is 504 g/mol. The standard InChI is InChI=1S/C27H25N3O5S/c1-35-15-19(12-17-5-8-20(31)9-6-17)29-26(32)24-14-22(27(33)34)21-13-18(7-10-23(21)30-24)16-36-25-4-2-3-11-28-25/h2-11,13-14,19,31H,12,15-16H2,1H3,(H,29,32)(H,33,34)/t19-/m0/s1. The molecule has 0 fully saturated rings. The monoisotopic (exact) mass is 503 g/mol. The number of fused-ring (bicyclic) bond motifs is 1. The molecule has 4 rings (SSSR count). The molecule has 3 N–H and O–H groups in total. The van der Waals surface area contributed by atoms with E-state index in [1.54, 1.807) is 54.4 Å². The lowest BCUT2D eigenvalue weighted by Crippen LogP contribution is -2.40. The van der Waals surface area contributed by atoms with Crippen molar-refractivity contribution in [1.29, 1.82) is 0 Å². The predicted octanol–water partition coefficient (Wildman–Crippen LogP) is 4.31. The van der Waals surface area contributed by atoms with Gasteiger partial charge in [-0.25, -0.2) is 14.8 Å². The van der Waals surface area contributed by atoms with E-state index in [2.05, 4.69) is 15.3 Å². The molecule has 9 heteroatoms. The minimum atomic E-state index is -1.14. The van der Waals surface area contributed by atoms with Crippen LogP contribution in [0.25, 0.3) is 10.9 Å². The van der Waals surface area contributed by atoms with Crippen molar-refractivity contribution in [3.63, 3.8) is 0 Å². The van der Waals surface area contributed by atoms with Gasteiger partial charge in [-0.3, -0.25) is 4.79 Å². The molecule has 184 valence electrons. The summed E-state index contributed by atoms with van der Waals surface area (Å²) in [7, 11) is 1.54. The smallest absolute Gasteiger partial charge is 0.336 e. The first-order valence-electron chi connectivity index (χ1n) is 11.2. The number of aromatic hydroxyl groups is 1. The van der Waals surface area contributed by atoms with Crippen LogP contribution in [0, 0.1) is 0 Å². The molecule has 1 atom stereocenters. The summed E-state index contributed by atoms with van der Waals surface area (Å²) in [4.78, 5) is 33.8. The van der Waals surface area contributed by atoms with Crippen molar-refractivity contribution >= 4 is 34.5 Å². The van der Waals surface area contributed by atoms with Crippen molar-refractivity contribution in [1.82, 2.24) is 15.3 Å². The zero-order chi connectivity index (χ0) is 25.5. The van der Waals surface area contributed by atoms with Crippen LogP contribution in [0.2, 0.25) is 0 Å². The van der Waals surface area contributed by atoms with E-state index in [-0.39, 0.29) is 29.7 Å². The molecule has 0 unspecified atom stereocenters. The molecule has 36 heavy (non-hydrogen) atoms. The molecule has 0 aliphatic carbocycles. The van der Waals surface area contributed by atoms with E-state index in [4.69, 9.17) is 4.74 Å². The number of methoxy groups -OCH3 is 1. The summed E-state index contributed by atoms with van der Waals surface area (Å²) < 4.78 is 5.25. The summed E-state index contributed by atoms with van der Waals surface area (Å²) in [5.41, 5.74) is 2.28. The van der Waals surface area contributed by atoms with Crippen LogP contribution in [0.5, 0.6) is 5.75 Å². The van der Waals surface area contributed by atoms with E-state index in [0.717, 1.165) is 16.2 Å². The molecule has 0 radical (unpaired) electrons. The number of carbonyl (C=O) groups is 2. The van der Waals surface area contributed by atoms with Crippen molar-refractivity contribution < 1.29 is 24.5 Å². The fourth-order valence-corrected chi connectivity index (χ4v) is 4.58. The normalized spacial score (nSPS) is 11.8. The van der Waals surface area contributed by atoms with Crippen LogP contribution in [-0.2, 0) is 16.9 Å². The first-order chi connectivity index (χ1) is 17.4. The van der Waals surface area contributed by atoms with Gasteiger partial charge in [0.1, 0.15) is 11.4 Å². The predicted molar refractivity (Wildman–Crippen MR) is 137 cm³/mol. The maximum Gasteiger partial charge on any atom is 0.336 e. The number of carbonyl (C=O) groups excluding carboxylic acids is 1. The number of ether oxygens (including phenoxy) is 1. The minimum Gasteiger partial charge on any atom is -0.508 e. The van der Waals surface area contributed by atoms with E-state index < -0.39 is 11.9 Å². The number of thioether (sulfide) groups is 1. The molecule has 2 heterocycles. The van der Waals surface area contributed by atoms with Gasteiger partial charge < -0.3 is 20.3 Å². The van der Waals surface area contributed by atoms with E-state index in [9.17, 15) is 19.8 Å². The minimum absolute atomic E-state index is 0.0108. The lowest BCUT2D eigenvalue weighted by atomic mass is 10.0. The molecule has 2 aromatic heterocycles. The molecule has 8 nitrogen and oxygen atoms in total. The molecule has 0 saturated carbocycles. The third-order valence-electron chi connectivity index (χ3n) is 5.48. The first kappa shape index (κ1) is 25.2. The number of aromatic nitrogens is 2. The number of carboxylic acid groups (broad SMARTS) is 1. The van der Waals surface area contributed by atoms with Gasteiger partial charge in [-0.05, 0) is 60.0 Å². The number of nitrogens with one attached hydrogen (secondary N) is 1. The molecular formula is C27H25N3O5S. The molecule has 0 aliphatic rings. The summed E-state index contributed by atoms with van der Waals surface area (Å²) in [5.74, 6) is -0.853. The number of phenols is 1. The molecule has 0 saturated heterocycles. The molecule has 1 amide bonds. The maximum absolute atomic E-state index is 13.0. The van der Waals surface area contributed by atoms with Crippen LogP contribution in [0.1, 0.15) is 32.0 Å². The second-order valence-electron chi connectivity index (χ2n) is 8.16. The summed E-state index contributed by atoms with van der Waals surface area (Å²) in [6.45, 7) is 0.253. The highest BCUT2D eigenvalue weighted by molar-refractivity contribution is 7.98. The Morgan fingerprint density at radius 3 is 2.53 bits per heavy atom. The van der Waals surface area contributed by atoms with Crippen LogP contribution in [0.15, 0.2) is 78.0 Å². The molecule has 2 aromatic carbocycles. The van der Waals surface area contributed by atoms with E-state index >= 15 is 0 Å². The summed E-state index contributed by atoms with van der Waals surface area (Å²) in [5, 5.41) is 23.6. The molecule has 0 bridgehead atoms. The van der Waals surface area contributed by atoms with E-state index in [1.807, 2.05) is 24.3 Å². The molecule has 0 aliphatic heterocycles. The highest BCUT2D eigenvalue weighted by Crippen LogP contribution is 2.25. The average Bonchev–Trinajstić information content (AvgIpc) is 2.88. The number of hydrogen-bond acceptors (Lipinski definition) is 7. The number of benzene rings is 2. The number of amides is 1. The van der Waals surface area contributed by atoms with Crippen molar-refractivity contribution in [2.45, 2.75) is 23.2 Å². The van der Waals surface area contributed by atoms with Crippen LogP contribution < -0.4 is 5.32 Å². The third-order valence-corrected chi connectivity index (χ3v) is 6.50. The van der Waals surface area contributed by atoms with Crippen LogP contribution in [-0.4, -0.2) is 51.8 Å². The number of phenolic OH excluding ortho intramolecular Hbond substituents is 1. The Bertz CT molecular complexity index is 1360. The fraction of sp³-hybridized carbons (Fsp3) is 0.185. The Hall–Kier alpha value is -3.95. The Morgan fingerprint density at radius 1 is 1.06 bits per heavy atom. The number of rotatable bonds is 10. The second-order valence-corrected chi connectivity index (χ2v) is 9.16. The molecule has 0 spiro atoms. The summed E-state index contributed by atoms with van der Waals surface area (Å²) in [6.07, 6.45) is 2.19. The van der Waals surface area contributed by atoms with Crippen LogP contribution >= 0.6 is 11.8 Å². The Kier molecular flexibility index (Phi) is 8.14. The number of pyridine rings is 2. The van der Waals surface area contributed by atoms with Gasteiger partial charge in [0.05, 0.1) is 28.8 Å². The van der Waals surface area contributed by atoms with Gasteiger partial charge in [0.15, 0.2) is 0 Å². The van der Waals surface area contributed by atoms with Gasteiger partial charge in [0.25, 0.3) is 5.91 Å². The van der Waals surface area contributed by atoms with Crippen LogP contribution in [0.3, 0.4) is 0 Å². The summed E-state index contributed by atoms with van der Waals surface area (Å²) >= 11 is 1.55. The molecular weight excluding hydrogens is 478 g/mol. The van der Waals surface area contributed by atoms with Crippen molar-refractivity contribution in [2.75, 3.05) is 13.7 Å². The number of carboxylic acids is 1. The van der Waals surface area contributed by atoms with Crippen LogP contribution in [0.4, 0.5) is 0 Å². The third kappa shape index (κ3) is 6.38. The Balaban J connectivity index is 1.55. The zero-order valence-electron chi connectivity index (χ0n) is 19.5. The second kappa shape index (κ2) is 11.7. The lowest BCUT2D eigenvalue weighted by Gasteiger charge is -2.18. The van der Waals surface area contributed by atoms with Crippen molar-refractivity contribution in [3.8, 4) is 5.75 Å². The maximum atomic E-state index is 13.0. The van der Waals surface area contributed by atoms with Gasteiger partial charge >= 0.3 is 5.97 Å². The quantitative estimate of drug-likeness (QED) is 0.274. The highest BCUT2D eigenvalue weighted by atomic mass is 32.2. The van der Waals surface area contributed by atoms with Gasteiger partial charge in [-0.1, -0.05) is 24.3 Å². The van der Waals surface area contributed by atoms with Gasteiger partial charge in [0, 0.05) is 24.4 Å². The summed E-state index contributed by atoms with van der Waals surface area (Å²) in [6, 6.07) is 18.7. The largest absolute Gasteiger partial charge is 0.508 e. The Labute approximate surface area is 212 Å². The van der Waals surface area contributed by atoms with Gasteiger partial charge in [0.2, 0.25) is 0 Å². The van der Waals surface area contributed by atoms with Crippen molar-refractivity contribution in [2.24, 2.45) is 0 Å².